The van der Waals surface area contributed by atoms with Crippen LogP contribution in [0.2, 0.25) is 0 Å². The van der Waals surface area contributed by atoms with E-state index < -0.39 is 5.97 Å². The second-order valence-electron chi connectivity index (χ2n) is 5.37. The number of carbonyl (C=O) groups is 2. The van der Waals surface area contributed by atoms with Gasteiger partial charge in [0.25, 0.3) is 0 Å². The van der Waals surface area contributed by atoms with Crippen molar-refractivity contribution in [2.75, 3.05) is 20.3 Å². The Hall–Kier alpha value is -3.59. The van der Waals surface area contributed by atoms with Gasteiger partial charge in [0.1, 0.15) is 11.6 Å². The lowest BCUT2D eigenvalue weighted by atomic mass is 10.0. The first-order valence-electron chi connectivity index (χ1n) is 8.27. The molecule has 0 bridgehead atoms. The maximum Gasteiger partial charge on any atom is 0.344 e. The number of methoxy groups -OCH3 is 1. The molecular weight excluding hydrogens is 346 g/mol. The molecule has 2 rings (SSSR count). The molecule has 6 heteroatoms. The minimum atomic E-state index is -0.483. The van der Waals surface area contributed by atoms with Gasteiger partial charge in [-0.05, 0) is 30.7 Å². The molecule has 0 saturated heterocycles. The summed E-state index contributed by atoms with van der Waals surface area (Å²) in [6, 6.07) is 15.4. The van der Waals surface area contributed by atoms with Crippen molar-refractivity contribution in [1.82, 2.24) is 0 Å². The summed E-state index contributed by atoms with van der Waals surface area (Å²) in [5, 5.41) is 9.35. The van der Waals surface area contributed by atoms with Crippen molar-refractivity contribution in [1.29, 1.82) is 5.26 Å². The van der Waals surface area contributed by atoms with Gasteiger partial charge >= 0.3 is 5.97 Å². The fourth-order valence-electron chi connectivity index (χ4n) is 2.29. The van der Waals surface area contributed by atoms with Crippen LogP contribution in [-0.4, -0.2) is 32.1 Å². The fraction of sp³-hybridized carbons (Fsp3) is 0.190. The molecule has 0 atom stereocenters. The summed E-state index contributed by atoms with van der Waals surface area (Å²) in [6.45, 7) is 1.74. The molecular formula is C21H19NO5. The van der Waals surface area contributed by atoms with Gasteiger partial charge in [-0.1, -0.05) is 36.4 Å². The number of carbonyl (C=O) groups excluding carboxylic acids is 2. The first kappa shape index (κ1) is 19.7. The van der Waals surface area contributed by atoms with E-state index in [-0.39, 0.29) is 24.6 Å². The van der Waals surface area contributed by atoms with E-state index >= 15 is 0 Å². The first-order chi connectivity index (χ1) is 13.1. The summed E-state index contributed by atoms with van der Waals surface area (Å²) in [5.41, 5.74) is 1.03. The number of esters is 1. The van der Waals surface area contributed by atoms with Crippen molar-refractivity contribution in [2.24, 2.45) is 0 Å². The van der Waals surface area contributed by atoms with Gasteiger partial charge in [-0.2, -0.15) is 5.26 Å². The summed E-state index contributed by atoms with van der Waals surface area (Å²) in [6.07, 6.45) is 1.48. The van der Waals surface area contributed by atoms with Crippen molar-refractivity contribution in [3.63, 3.8) is 0 Å². The Bertz CT molecular complexity index is 881. The third-order valence-electron chi connectivity index (χ3n) is 3.55. The van der Waals surface area contributed by atoms with Crippen LogP contribution in [0.4, 0.5) is 0 Å². The zero-order chi connectivity index (χ0) is 19.6. The lowest BCUT2D eigenvalue weighted by molar-refractivity contribution is -0.145. The molecule has 0 amide bonds. The van der Waals surface area contributed by atoms with Crippen LogP contribution in [0.5, 0.6) is 11.5 Å². The number of rotatable bonds is 8. The molecule has 0 fully saturated rings. The van der Waals surface area contributed by atoms with Crippen LogP contribution in [-0.2, 0) is 9.53 Å². The van der Waals surface area contributed by atoms with Crippen LogP contribution in [0.15, 0.2) is 54.1 Å². The van der Waals surface area contributed by atoms with Gasteiger partial charge < -0.3 is 14.2 Å². The monoisotopic (exact) mass is 365 g/mol. The van der Waals surface area contributed by atoms with Crippen LogP contribution < -0.4 is 9.47 Å². The lowest BCUT2D eigenvalue weighted by Gasteiger charge is -2.11. The second-order valence-corrected chi connectivity index (χ2v) is 5.37. The summed E-state index contributed by atoms with van der Waals surface area (Å²) in [4.78, 5) is 23.8. The van der Waals surface area contributed by atoms with Crippen molar-refractivity contribution >= 4 is 17.8 Å². The molecule has 0 saturated carbocycles. The molecule has 6 nitrogen and oxygen atoms in total. The Morgan fingerprint density at radius 1 is 1.11 bits per heavy atom. The van der Waals surface area contributed by atoms with Gasteiger partial charge in [0.2, 0.25) is 5.78 Å². The Morgan fingerprint density at radius 3 is 2.48 bits per heavy atom. The van der Waals surface area contributed by atoms with E-state index in [2.05, 4.69) is 0 Å². The van der Waals surface area contributed by atoms with Crippen LogP contribution in [0.25, 0.3) is 6.08 Å². The number of benzene rings is 2. The molecule has 0 aliphatic heterocycles. The number of allylic oxidation sites excluding steroid dienone is 1. The number of Topliss-reactive ketones (excluding diaryl/α,β-unsaturated/α-hetero) is 1. The van der Waals surface area contributed by atoms with Gasteiger partial charge in [0.05, 0.1) is 13.7 Å². The molecule has 0 unspecified atom stereocenters. The van der Waals surface area contributed by atoms with Gasteiger partial charge in [-0.3, -0.25) is 4.79 Å². The molecule has 2 aromatic rings. The highest BCUT2D eigenvalue weighted by atomic mass is 16.6. The highest BCUT2D eigenvalue weighted by Gasteiger charge is 2.13. The number of hydrogen-bond donors (Lipinski definition) is 0. The van der Waals surface area contributed by atoms with Crippen molar-refractivity contribution < 1.29 is 23.8 Å². The Labute approximate surface area is 157 Å². The van der Waals surface area contributed by atoms with E-state index in [0.29, 0.717) is 22.6 Å². The standard InChI is InChI=1S/C21H19NO5/c1-3-26-20(23)14-27-18-10-9-15(12-19(18)25-2)11-17(13-22)21(24)16-7-5-4-6-8-16/h4-12H,3,14H2,1-2H3/b17-11+. The van der Waals surface area contributed by atoms with E-state index in [1.807, 2.05) is 6.07 Å². The SMILES string of the molecule is CCOC(=O)COc1ccc(/C=C(\C#N)C(=O)c2ccccc2)cc1OC. The smallest absolute Gasteiger partial charge is 0.344 e. The Morgan fingerprint density at radius 2 is 1.85 bits per heavy atom. The zero-order valence-corrected chi connectivity index (χ0v) is 15.1. The van der Waals surface area contributed by atoms with Gasteiger partial charge in [0, 0.05) is 5.56 Å². The minimum Gasteiger partial charge on any atom is -0.493 e. The number of hydrogen-bond acceptors (Lipinski definition) is 6. The maximum atomic E-state index is 12.4. The normalized spacial score (nSPS) is 10.6. The molecule has 0 spiro atoms. The van der Waals surface area contributed by atoms with Crippen LogP contribution >= 0.6 is 0 Å². The van der Waals surface area contributed by atoms with Gasteiger partial charge in [-0.25, -0.2) is 4.79 Å². The third-order valence-corrected chi connectivity index (χ3v) is 3.55. The molecule has 0 heterocycles. The maximum absolute atomic E-state index is 12.4. The highest BCUT2D eigenvalue weighted by Crippen LogP contribution is 2.29. The predicted molar refractivity (Wildman–Crippen MR) is 99.5 cm³/mol. The van der Waals surface area contributed by atoms with Crippen molar-refractivity contribution in [3.8, 4) is 17.6 Å². The molecule has 0 aliphatic rings. The van der Waals surface area contributed by atoms with E-state index in [4.69, 9.17) is 14.2 Å². The van der Waals surface area contributed by atoms with E-state index in [1.54, 1.807) is 55.5 Å². The van der Waals surface area contributed by atoms with Gasteiger partial charge in [-0.15, -0.1) is 0 Å². The topological polar surface area (TPSA) is 85.6 Å². The van der Waals surface area contributed by atoms with Crippen molar-refractivity contribution in [2.45, 2.75) is 6.92 Å². The summed E-state index contributed by atoms with van der Waals surface area (Å²) in [5.74, 6) is -0.114. The summed E-state index contributed by atoms with van der Waals surface area (Å²) in [7, 11) is 1.46. The molecule has 0 radical (unpaired) electrons. The summed E-state index contributed by atoms with van der Waals surface area (Å²) >= 11 is 0. The minimum absolute atomic E-state index is 0.00319. The molecule has 0 N–H and O–H groups in total. The van der Waals surface area contributed by atoms with E-state index in [9.17, 15) is 14.9 Å². The van der Waals surface area contributed by atoms with E-state index in [0.717, 1.165) is 0 Å². The average molecular weight is 365 g/mol. The fourth-order valence-corrected chi connectivity index (χ4v) is 2.29. The number of ketones is 1. The number of nitriles is 1. The number of nitrogens with zero attached hydrogens (tertiary/aromatic N) is 1. The predicted octanol–water partition coefficient (Wildman–Crippen LogP) is 3.43. The second kappa shape index (κ2) is 9.78. The zero-order valence-electron chi connectivity index (χ0n) is 15.1. The van der Waals surface area contributed by atoms with Crippen molar-refractivity contribution in [3.05, 3.63) is 65.2 Å². The van der Waals surface area contributed by atoms with Crippen LogP contribution in [0, 0.1) is 11.3 Å². The van der Waals surface area contributed by atoms with E-state index in [1.165, 1.54) is 13.2 Å². The number of ether oxygens (including phenoxy) is 3. The highest BCUT2D eigenvalue weighted by molar-refractivity contribution is 6.14. The largest absolute Gasteiger partial charge is 0.493 e. The molecule has 0 aromatic heterocycles. The summed E-state index contributed by atoms with van der Waals surface area (Å²) < 4.78 is 15.5. The third kappa shape index (κ3) is 5.44. The van der Waals surface area contributed by atoms with Crippen LogP contribution in [0.1, 0.15) is 22.8 Å². The quantitative estimate of drug-likeness (QED) is 0.308. The van der Waals surface area contributed by atoms with Crippen LogP contribution in [0.3, 0.4) is 0 Å². The average Bonchev–Trinajstić information content (AvgIpc) is 2.71. The Kier molecular flexibility index (Phi) is 7.15. The molecule has 0 aliphatic carbocycles. The first-order valence-corrected chi connectivity index (χ1v) is 8.27. The van der Waals surface area contributed by atoms with Gasteiger partial charge in [0.15, 0.2) is 18.1 Å². The molecule has 2 aromatic carbocycles. The lowest BCUT2D eigenvalue weighted by Crippen LogP contribution is -2.14. The Balaban J connectivity index is 2.22. The molecule has 27 heavy (non-hydrogen) atoms. The molecule has 138 valence electrons.